The molecule has 0 saturated carbocycles. The number of halogens is 1. The molecule has 0 unspecified atom stereocenters. The number of methoxy groups -OCH3 is 1. The summed E-state index contributed by atoms with van der Waals surface area (Å²) in [7, 11) is 1.61. The largest absolute Gasteiger partial charge is 0.497 e. The fourth-order valence-corrected chi connectivity index (χ4v) is 1.74. The van der Waals surface area contributed by atoms with Crippen LogP contribution in [0.5, 0.6) is 5.75 Å². The SMILES string of the molecule is COc1ccc(Nc2ccc(C#N)c(F)c2)c(C)c1. The maximum atomic E-state index is 13.5. The van der Waals surface area contributed by atoms with Crippen LogP contribution in [0.25, 0.3) is 0 Å². The molecule has 0 aliphatic rings. The summed E-state index contributed by atoms with van der Waals surface area (Å²) >= 11 is 0. The van der Waals surface area contributed by atoms with Gasteiger partial charge in [0.05, 0.1) is 12.7 Å². The van der Waals surface area contributed by atoms with Gasteiger partial charge >= 0.3 is 0 Å². The standard InChI is InChI=1S/C15H13FN2O/c1-10-7-13(19-2)5-6-15(10)18-12-4-3-11(9-17)14(16)8-12/h3-8,18H,1-2H3. The Morgan fingerprint density at radius 1 is 1.21 bits per heavy atom. The van der Waals surface area contributed by atoms with E-state index in [1.807, 2.05) is 25.1 Å². The van der Waals surface area contributed by atoms with E-state index in [2.05, 4.69) is 5.32 Å². The number of aryl methyl sites for hydroxylation is 1. The van der Waals surface area contributed by atoms with Crippen LogP contribution in [0.3, 0.4) is 0 Å². The van der Waals surface area contributed by atoms with Gasteiger partial charge in [0.15, 0.2) is 0 Å². The number of nitriles is 1. The molecule has 3 nitrogen and oxygen atoms in total. The highest BCUT2D eigenvalue weighted by atomic mass is 19.1. The highest BCUT2D eigenvalue weighted by Crippen LogP contribution is 2.25. The van der Waals surface area contributed by atoms with Gasteiger partial charge in [-0.2, -0.15) is 5.26 Å². The molecule has 0 bridgehead atoms. The summed E-state index contributed by atoms with van der Waals surface area (Å²) in [6.07, 6.45) is 0. The zero-order valence-corrected chi connectivity index (χ0v) is 10.7. The van der Waals surface area contributed by atoms with Crippen LogP contribution < -0.4 is 10.1 Å². The van der Waals surface area contributed by atoms with Crippen molar-refractivity contribution in [2.24, 2.45) is 0 Å². The van der Waals surface area contributed by atoms with Gasteiger partial charge in [-0.15, -0.1) is 0 Å². The Morgan fingerprint density at radius 2 is 2.00 bits per heavy atom. The lowest BCUT2D eigenvalue weighted by Crippen LogP contribution is -1.95. The van der Waals surface area contributed by atoms with Gasteiger partial charge in [0.25, 0.3) is 0 Å². The second-order valence-corrected chi connectivity index (χ2v) is 4.11. The summed E-state index contributed by atoms with van der Waals surface area (Å²) in [5, 5.41) is 11.8. The lowest BCUT2D eigenvalue weighted by Gasteiger charge is -2.11. The Morgan fingerprint density at radius 3 is 2.58 bits per heavy atom. The molecule has 0 aromatic heterocycles. The quantitative estimate of drug-likeness (QED) is 0.909. The molecule has 0 radical (unpaired) electrons. The van der Waals surface area contributed by atoms with Crippen LogP contribution in [-0.4, -0.2) is 7.11 Å². The smallest absolute Gasteiger partial charge is 0.143 e. The monoisotopic (exact) mass is 256 g/mol. The van der Waals surface area contributed by atoms with E-state index in [4.69, 9.17) is 10.00 Å². The van der Waals surface area contributed by atoms with Crippen molar-refractivity contribution in [1.29, 1.82) is 5.26 Å². The predicted octanol–water partition coefficient (Wildman–Crippen LogP) is 3.76. The van der Waals surface area contributed by atoms with E-state index in [0.29, 0.717) is 5.69 Å². The van der Waals surface area contributed by atoms with Crippen LogP contribution in [0.2, 0.25) is 0 Å². The van der Waals surface area contributed by atoms with Crippen molar-refractivity contribution in [2.45, 2.75) is 6.92 Å². The van der Waals surface area contributed by atoms with E-state index in [9.17, 15) is 4.39 Å². The zero-order chi connectivity index (χ0) is 13.8. The van der Waals surface area contributed by atoms with Crippen molar-refractivity contribution in [1.82, 2.24) is 0 Å². The van der Waals surface area contributed by atoms with Gasteiger partial charge in [0.2, 0.25) is 0 Å². The van der Waals surface area contributed by atoms with Crippen LogP contribution in [-0.2, 0) is 0 Å². The molecule has 2 aromatic rings. The van der Waals surface area contributed by atoms with Gasteiger partial charge in [-0.05, 0) is 48.9 Å². The summed E-state index contributed by atoms with van der Waals surface area (Å²) in [5.74, 6) is 0.243. The number of nitrogens with one attached hydrogen (secondary N) is 1. The minimum atomic E-state index is -0.529. The number of ether oxygens (including phenoxy) is 1. The van der Waals surface area contributed by atoms with E-state index in [1.165, 1.54) is 12.1 Å². The summed E-state index contributed by atoms with van der Waals surface area (Å²) in [6, 6.07) is 11.8. The first-order valence-corrected chi connectivity index (χ1v) is 5.75. The Hall–Kier alpha value is -2.54. The van der Waals surface area contributed by atoms with Gasteiger partial charge < -0.3 is 10.1 Å². The van der Waals surface area contributed by atoms with E-state index in [1.54, 1.807) is 19.2 Å². The van der Waals surface area contributed by atoms with Crippen molar-refractivity contribution in [2.75, 3.05) is 12.4 Å². The third-order valence-corrected chi connectivity index (χ3v) is 2.80. The fraction of sp³-hybridized carbons (Fsp3) is 0.133. The summed E-state index contributed by atoms with van der Waals surface area (Å²) in [4.78, 5) is 0. The summed E-state index contributed by atoms with van der Waals surface area (Å²) in [6.45, 7) is 1.94. The average molecular weight is 256 g/mol. The average Bonchev–Trinajstić information content (AvgIpc) is 2.41. The molecular formula is C15H13FN2O. The maximum absolute atomic E-state index is 13.5. The zero-order valence-electron chi connectivity index (χ0n) is 10.7. The molecule has 0 spiro atoms. The third kappa shape index (κ3) is 2.83. The van der Waals surface area contributed by atoms with E-state index >= 15 is 0 Å². The summed E-state index contributed by atoms with van der Waals surface area (Å²) in [5.41, 5.74) is 2.50. The molecule has 1 N–H and O–H groups in total. The number of nitrogens with zero attached hydrogens (tertiary/aromatic N) is 1. The highest BCUT2D eigenvalue weighted by molar-refractivity contribution is 5.64. The molecule has 4 heteroatoms. The first kappa shape index (κ1) is 12.9. The Balaban J connectivity index is 2.26. The van der Waals surface area contributed by atoms with Crippen molar-refractivity contribution >= 4 is 11.4 Å². The van der Waals surface area contributed by atoms with E-state index in [-0.39, 0.29) is 5.56 Å². The molecule has 0 atom stereocenters. The fourth-order valence-electron chi connectivity index (χ4n) is 1.74. The summed E-state index contributed by atoms with van der Waals surface area (Å²) < 4.78 is 18.6. The molecule has 0 fully saturated rings. The lowest BCUT2D eigenvalue weighted by atomic mass is 10.1. The van der Waals surface area contributed by atoms with Crippen molar-refractivity contribution < 1.29 is 9.13 Å². The maximum Gasteiger partial charge on any atom is 0.143 e. The van der Waals surface area contributed by atoms with Crippen LogP contribution in [0, 0.1) is 24.1 Å². The Labute approximate surface area is 111 Å². The molecule has 0 aliphatic carbocycles. The van der Waals surface area contributed by atoms with Crippen LogP contribution in [0.4, 0.5) is 15.8 Å². The van der Waals surface area contributed by atoms with E-state index < -0.39 is 5.82 Å². The Kier molecular flexibility index (Phi) is 3.67. The van der Waals surface area contributed by atoms with Crippen LogP contribution >= 0.6 is 0 Å². The number of anilines is 2. The lowest BCUT2D eigenvalue weighted by molar-refractivity contribution is 0.414. The number of rotatable bonds is 3. The molecular weight excluding hydrogens is 243 g/mol. The predicted molar refractivity (Wildman–Crippen MR) is 72.1 cm³/mol. The van der Waals surface area contributed by atoms with Crippen LogP contribution in [0.1, 0.15) is 11.1 Å². The minimum absolute atomic E-state index is 0.0389. The highest BCUT2D eigenvalue weighted by Gasteiger charge is 2.05. The van der Waals surface area contributed by atoms with Gasteiger partial charge in [-0.3, -0.25) is 0 Å². The molecule has 96 valence electrons. The molecule has 2 rings (SSSR count). The normalized spacial score (nSPS) is 9.79. The number of hydrogen-bond donors (Lipinski definition) is 1. The molecule has 2 aromatic carbocycles. The first-order valence-electron chi connectivity index (χ1n) is 5.75. The topological polar surface area (TPSA) is 45.0 Å². The Bertz CT molecular complexity index is 647. The van der Waals surface area contributed by atoms with Crippen molar-refractivity contribution in [3.8, 4) is 11.8 Å². The molecule has 19 heavy (non-hydrogen) atoms. The minimum Gasteiger partial charge on any atom is -0.497 e. The number of hydrogen-bond acceptors (Lipinski definition) is 3. The van der Waals surface area contributed by atoms with Crippen LogP contribution in [0.15, 0.2) is 36.4 Å². The second-order valence-electron chi connectivity index (χ2n) is 4.11. The molecule has 0 amide bonds. The van der Waals surface area contributed by atoms with Gasteiger partial charge in [-0.1, -0.05) is 0 Å². The van der Waals surface area contributed by atoms with Gasteiger partial charge in [0, 0.05) is 11.4 Å². The van der Waals surface area contributed by atoms with E-state index in [0.717, 1.165) is 17.0 Å². The molecule has 0 saturated heterocycles. The number of benzene rings is 2. The van der Waals surface area contributed by atoms with Gasteiger partial charge in [-0.25, -0.2) is 4.39 Å². The third-order valence-electron chi connectivity index (χ3n) is 2.80. The molecule has 0 aliphatic heterocycles. The van der Waals surface area contributed by atoms with Crippen molar-refractivity contribution in [3.05, 3.63) is 53.3 Å². The molecule has 0 heterocycles. The van der Waals surface area contributed by atoms with Gasteiger partial charge in [0.1, 0.15) is 17.6 Å². The second kappa shape index (κ2) is 5.40. The van der Waals surface area contributed by atoms with Crippen molar-refractivity contribution in [3.63, 3.8) is 0 Å². The first-order chi connectivity index (χ1) is 9.13.